The lowest BCUT2D eigenvalue weighted by molar-refractivity contribution is -0.0510. The fraction of sp³-hybridized carbons (Fsp3) is 0.143. The molecule has 0 saturated carbocycles. The summed E-state index contributed by atoms with van der Waals surface area (Å²) in [4.78, 5) is 0. The molecule has 0 aromatic heterocycles. The minimum Gasteiger partial charge on any atom is -0.398 e. The molecule has 0 aliphatic rings. The molecule has 98 valence electrons. The molecule has 1 aromatic carbocycles. The highest BCUT2D eigenvalue weighted by Gasteiger charge is 2.44. The number of nitrogen functional groups attached to an aromatic ring is 1. The van der Waals surface area contributed by atoms with Gasteiger partial charge in [-0.2, -0.15) is 21.6 Å². The van der Waals surface area contributed by atoms with Gasteiger partial charge in [-0.15, -0.1) is 0 Å². The van der Waals surface area contributed by atoms with E-state index in [9.17, 15) is 13.2 Å². The molecule has 0 bridgehead atoms. The van der Waals surface area contributed by atoms with Crippen molar-refractivity contribution in [3.05, 3.63) is 28.2 Å². The molecular formula is C7H6Cl2F3NO3S. The van der Waals surface area contributed by atoms with Crippen LogP contribution in [-0.4, -0.2) is 18.5 Å². The summed E-state index contributed by atoms with van der Waals surface area (Å²) in [6, 6.07) is 4.98. The Bertz CT molecular complexity index is 490. The second kappa shape index (κ2) is 5.76. The number of rotatable bonds is 0. The summed E-state index contributed by atoms with van der Waals surface area (Å²) in [6.07, 6.45) is 0. The van der Waals surface area contributed by atoms with Crippen LogP contribution in [-0.2, 0) is 10.1 Å². The average molecular weight is 312 g/mol. The first-order valence-corrected chi connectivity index (χ1v) is 5.89. The van der Waals surface area contributed by atoms with E-state index in [1.807, 2.05) is 0 Å². The van der Waals surface area contributed by atoms with Gasteiger partial charge in [0.05, 0.1) is 10.7 Å². The molecule has 1 rings (SSSR count). The summed E-state index contributed by atoms with van der Waals surface area (Å²) in [6.45, 7) is 0. The second-order valence-corrected chi connectivity index (χ2v) is 4.84. The van der Waals surface area contributed by atoms with Gasteiger partial charge in [-0.25, -0.2) is 0 Å². The van der Waals surface area contributed by atoms with Gasteiger partial charge in [0, 0.05) is 5.02 Å². The van der Waals surface area contributed by atoms with E-state index >= 15 is 0 Å². The monoisotopic (exact) mass is 311 g/mol. The molecule has 0 aliphatic heterocycles. The van der Waals surface area contributed by atoms with Crippen LogP contribution < -0.4 is 5.73 Å². The van der Waals surface area contributed by atoms with Gasteiger partial charge in [0.1, 0.15) is 0 Å². The Morgan fingerprint density at radius 1 is 1.24 bits per heavy atom. The number of hydrogen-bond donors (Lipinski definition) is 2. The maximum Gasteiger partial charge on any atom is 0.522 e. The molecule has 0 aliphatic carbocycles. The van der Waals surface area contributed by atoms with E-state index in [2.05, 4.69) is 0 Å². The van der Waals surface area contributed by atoms with Crippen LogP contribution in [0, 0.1) is 0 Å². The lowest BCUT2D eigenvalue weighted by Crippen LogP contribution is -2.21. The summed E-state index contributed by atoms with van der Waals surface area (Å²) < 4.78 is 57.5. The maximum atomic E-state index is 10.7. The van der Waals surface area contributed by atoms with Gasteiger partial charge in [-0.3, -0.25) is 4.55 Å². The van der Waals surface area contributed by atoms with Gasteiger partial charge in [-0.1, -0.05) is 23.2 Å². The van der Waals surface area contributed by atoms with Crippen molar-refractivity contribution in [3.63, 3.8) is 0 Å². The van der Waals surface area contributed by atoms with E-state index in [0.717, 1.165) is 0 Å². The molecule has 0 amide bonds. The number of alkyl halides is 3. The molecule has 17 heavy (non-hydrogen) atoms. The zero-order valence-electron chi connectivity index (χ0n) is 7.87. The van der Waals surface area contributed by atoms with Crippen molar-refractivity contribution in [2.45, 2.75) is 5.51 Å². The van der Waals surface area contributed by atoms with E-state index in [4.69, 9.17) is 41.9 Å². The Labute approximate surface area is 105 Å². The highest BCUT2D eigenvalue weighted by Crippen LogP contribution is 2.22. The van der Waals surface area contributed by atoms with Crippen LogP contribution >= 0.6 is 23.2 Å². The fourth-order valence-electron chi connectivity index (χ4n) is 0.502. The SMILES string of the molecule is Nc1ccc(Cl)cc1Cl.O=S(=O)(O)C(F)(F)F. The van der Waals surface area contributed by atoms with E-state index in [1.54, 1.807) is 18.2 Å². The Hall–Kier alpha value is -0.700. The Balaban J connectivity index is 0.000000304. The first kappa shape index (κ1) is 16.3. The van der Waals surface area contributed by atoms with Crippen molar-refractivity contribution >= 4 is 39.0 Å². The predicted molar refractivity (Wildman–Crippen MR) is 58.5 cm³/mol. The standard InChI is InChI=1S/C6H5Cl2N.CHF3O3S/c7-4-1-2-6(9)5(8)3-4;2-1(3,4)8(5,6)7/h1-3H,9H2;(H,5,6,7). The van der Waals surface area contributed by atoms with Crippen molar-refractivity contribution in [1.82, 2.24) is 0 Å². The molecule has 1 aromatic rings. The fourth-order valence-corrected chi connectivity index (χ4v) is 0.910. The van der Waals surface area contributed by atoms with Crippen molar-refractivity contribution in [1.29, 1.82) is 0 Å². The lowest BCUT2D eigenvalue weighted by Gasteiger charge is -1.97. The molecule has 0 saturated heterocycles. The highest BCUT2D eigenvalue weighted by molar-refractivity contribution is 7.86. The van der Waals surface area contributed by atoms with Crippen LogP contribution in [0.15, 0.2) is 18.2 Å². The highest BCUT2D eigenvalue weighted by atomic mass is 35.5. The average Bonchev–Trinajstić information content (AvgIpc) is 2.09. The van der Waals surface area contributed by atoms with Crippen molar-refractivity contribution in [3.8, 4) is 0 Å². The van der Waals surface area contributed by atoms with Crippen LogP contribution in [0.5, 0.6) is 0 Å². The molecule has 0 spiro atoms. The third kappa shape index (κ3) is 5.97. The quantitative estimate of drug-likeness (QED) is 0.438. The number of anilines is 1. The number of hydrogen-bond acceptors (Lipinski definition) is 3. The Morgan fingerprint density at radius 2 is 1.65 bits per heavy atom. The van der Waals surface area contributed by atoms with Crippen LogP contribution in [0.4, 0.5) is 18.9 Å². The summed E-state index contributed by atoms with van der Waals surface area (Å²) in [5, 5.41) is 1.11. The molecular weight excluding hydrogens is 306 g/mol. The van der Waals surface area contributed by atoms with Gasteiger partial charge >= 0.3 is 15.6 Å². The summed E-state index contributed by atoms with van der Waals surface area (Å²) in [7, 11) is -5.84. The number of halogens is 5. The second-order valence-electron chi connectivity index (χ2n) is 2.59. The topological polar surface area (TPSA) is 80.4 Å². The van der Waals surface area contributed by atoms with Gasteiger partial charge in [0.2, 0.25) is 0 Å². The summed E-state index contributed by atoms with van der Waals surface area (Å²) >= 11 is 11.2. The molecule has 0 heterocycles. The van der Waals surface area contributed by atoms with Crippen LogP contribution in [0.25, 0.3) is 0 Å². The molecule has 3 N–H and O–H groups in total. The van der Waals surface area contributed by atoms with Gasteiger partial charge < -0.3 is 5.73 Å². The first-order valence-electron chi connectivity index (χ1n) is 3.69. The number of nitrogens with two attached hydrogens (primary N) is 1. The molecule has 10 heteroatoms. The minimum absolute atomic E-state index is 0.502. The Morgan fingerprint density at radius 3 is 1.88 bits per heavy atom. The molecule has 0 atom stereocenters. The predicted octanol–water partition coefficient (Wildman–Crippen LogP) is 2.97. The van der Waals surface area contributed by atoms with Crippen LogP contribution in [0.2, 0.25) is 10.0 Å². The van der Waals surface area contributed by atoms with E-state index in [1.165, 1.54) is 0 Å². The summed E-state index contributed by atoms with van der Waals surface area (Å²) in [5.41, 5.74) is 0.420. The summed E-state index contributed by atoms with van der Waals surface area (Å²) in [5.74, 6) is 0. The molecule has 0 fully saturated rings. The Kier molecular flexibility index (Phi) is 5.53. The van der Waals surface area contributed by atoms with E-state index in [0.29, 0.717) is 15.7 Å². The van der Waals surface area contributed by atoms with E-state index < -0.39 is 15.6 Å². The molecule has 0 unspecified atom stereocenters. The van der Waals surface area contributed by atoms with Crippen LogP contribution in [0.3, 0.4) is 0 Å². The minimum atomic E-state index is -5.84. The largest absolute Gasteiger partial charge is 0.522 e. The zero-order chi connectivity index (χ0) is 13.9. The maximum absolute atomic E-state index is 10.7. The van der Waals surface area contributed by atoms with Crippen molar-refractivity contribution in [2.75, 3.05) is 5.73 Å². The van der Waals surface area contributed by atoms with Gasteiger partial charge in [0.15, 0.2) is 0 Å². The van der Waals surface area contributed by atoms with Crippen LogP contribution in [0.1, 0.15) is 0 Å². The smallest absolute Gasteiger partial charge is 0.398 e. The van der Waals surface area contributed by atoms with Crippen molar-refractivity contribution < 1.29 is 26.1 Å². The third-order valence-electron chi connectivity index (χ3n) is 1.25. The molecule has 4 nitrogen and oxygen atoms in total. The van der Waals surface area contributed by atoms with E-state index in [-0.39, 0.29) is 0 Å². The zero-order valence-corrected chi connectivity index (χ0v) is 10.2. The first-order chi connectivity index (χ1) is 7.45. The van der Waals surface area contributed by atoms with Crippen molar-refractivity contribution in [2.24, 2.45) is 0 Å². The third-order valence-corrected chi connectivity index (χ3v) is 2.40. The normalized spacial score (nSPS) is 11.6. The molecule has 0 radical (unpaired) electrons. The lowest BCUT2D eigenvalue weighted by atomic mass is 10.3. The van der Waals surface area contributed by atoms with Gasteiger partial charge in [-0.05, 0) is 18.2 Å². The van der Waals surface area contributed by atoms with Gasteiger partial charge in [0.25, 0.3) is 0 Å². The number of benzene rings is 1.